The Kier molecular flexibility index (Phi) is 3.41. The molecule has 0 atom stereocenters. The van der Waals surface area contributed by atoms with E-state index in [2.05, 4.69) is 14.7 Å². The average Bonchev–Trinajstić information content (AvgIpc) is 2.41. The lowest BCUT2D eigenvalue weighted by Crippen LogP contribution is -2.10. The summed E-state index contributed by atoms with van der Waals surface area (Å²) in [5.41, 5.74) is 6.86. The Morgan fingerprint density at radius 1 is 1.42 bits per heavy atom. The maximum atomic E-state index is 13.5. The molecular formula is C13H12FN3O2. The number of benzene rings is 1. The van der Waals surface area contributed by atoms with Crippen molar-refractivity contribution >= 4 is 11.8 Å². The van der Waals surface area contributed by atoms with Crippen molar-refractivity contribution in [3.63, 3.8) is 0 Å². The number of nitrogens with two attached hydrogens (primary N) is 1. The molecule has 2 rings (SSSR count). The van der Waals surface area contributed by atoms with E-state index in [9.17, 15) is 9.18 Å². The first-order valence-corrected chi connectivity index (χ1v) is 5.50. The molecule has 98 valence electrons. The number of aryl methyl sites for hydroxylation is 1. The lowest BCUT2D eigenvalue weighted by atomic mass is 10.1. The number of ether oxygens (including phenoxy) is 1. The molecule has 0 amide bonds. The van der Waals surface area contributed by atoms with E-state index in [1.807, 2.05) is 0 Å². The SMILES string of the molecule is COC(=O)c1nc(-c2ccc(C)c(F)c2)cnc1N. The third-order valence-electron chi connectivity index (χ3n) is 2.65. The molecule has 6 heteroatoms. The van der Waals surface area contributed by atoms with Gasteiger partial charge in [0.15, 0.2) is 11.5 Å². The van der Waals surface area contributed by atoms with Gasteiger partial charge in [0, 0.05) is 5.56 Å². The number of methoxy groups -OCH3 is 1. The Hall–Kier alpha value is -2.50. The predicted molar refractivity (Wildman–Crippen MR) is 67.9 cm³/mol. The molecule has 0 aliphatic heterocycles. The Morgan fingerprint density at radius 2 is 2.16 bits per heavy atom. The molecule has 0 aliphatic carbocycles. The van der Waals surface area contributed by atoms with Gasteiger partial charge in [-0.2, -0.15) is 0 Å². The van der Waals surface area contributed by atoms with Gasteiger partial charge in [-0.05, 0) is 18.6 Å². The van der Waals surface area contributed by atoms with Crippen LogP contribution in [0.3, 0.4) is 0 Å². The number of rotatable bonds is 2. The van der Waals surface area contributed by atoms with E-state index in [-0.39, 0.29) is 17.3 Å². The van der Waals surface area contributed by atoms with Crippen molar-refractivity contribution in [2.45, 2.75) is 6.92 Å². The summed E-state index contributed by atoms with van der Waals surface area (Å²) in [5, 5.41) is 0. The summed E-state index contributed by atoms with van der Waals surface area (Å²) in [7, 11) is 1.22. The minimum Gasteiger partial charge on any atom is -0.464 e. The zero-order chi connectivity index (χ0) is 14.0. The highest BCUT2D eigenvalue weighted by Gasteiger charge is 2.15. The molecule has 19 heavy (non-hydrogen) atoms. The molecule has 1 aromatic carbocycles. The summed E-state index contributed by atoms with van der Waals surface area (Å²) in [6.07, 6.45) is 1.38. The molecule has 1 heterocycles. The molecule has 0 saturated heterocycles. The van der Waals surface area contributed by atoms with E-state index < -0.39 is 5.97 Å². The number of esters is 1. The highest BCUT2D eigenvalue weighted by Crippen LogP contribution is 2.21. The van der Waals surface area contributed by atoms with Gasteiger partial charge >= 0.3 is 5.97 Å². The Labute approximate surface area is 109 Å². The molecule has 1 aromatic heterocycles. The zero-order valence-corrected chi connectivity index (χ0v) is 10.5. The number of nitrogen functional groups attached to an aromatic ring is 1. The lowest BCUT2D eigenvalue weighted by Gasteiger charge is -2.06. The molecule has 0 radical (unpaired) electrons. The first-order valence-electron chi connectivity index (χ1n) is 5.50. The van der Waals surface area contributed by atoms with Crippen LogP contribution in [0.1, 0.15) is 16.1 Å². The summed E-state index contributed by atoms with van der Waals surface area (Å²) in [5.74, 6) is -1.06. The molecule has 2 N–H and O–H groups in total. The van der Waals surface area contributed by atoms with Gasteiger partial charge in [0.25, 0.3) is 0 Å². The van der Waals surface area contributed by atoms with Gasteiger partial charge < -0.3 is 10.5 Å². The number of hydrogen-bond acceptors (Lipinski definition) is 5. The van der Waals surface area contributed by atoms with Crippen LogP contribution in [0, 0.1) is 12.7 Å². The second kappa shape index (κ2) is 5.01. The van der Waals surface area contributed by atoms with E-state index >= 15 is 0 Å². The second-order valence-corrected chi connectivity index (χ2v) is 3.94. The summed E-state index contributed by atoms with van der Waals surface area (Å²) >= 11 is 0. The number of nitrogens with zero attached hydrogens (tertiary/aromatic N) is 2. The fraction of sp³-hybridized carbons (Fsp3) is 0.154. The fourth-order valence-electron chi connectivity index (χ4n) is 1.54. The van der Waals surface area contributed by atoms with Gasteiger partial charge in [-0.1, -0.05) is 12.1 Å². The minimum absolute atomic E-state index is 0.0248. The summed E-state index contributed by atoms with van der Waals surface area (Å²) in [6.45, 7) is 1.66. The predicted octanol–water partition coefficient (Wildman–Crippen LogP) is 1.96. The van der Waals surface area contributed by atoms with Crippen LogP contribution in [0.25, 0.3) is 11.3 Å². The van der Waals surface area contributed by atoms with E-state index in [1.165, 1.54) is 19.4 Å². The van der Waals surface area contributed by atoms with Crippen LogP contribution in [-0.4, -0.2) is 23.0 Å². The molecule has 0 saturated carbocycles. The van der Waals surface area contributed by atoms with Gasteiger partial charge in [-0.25, -0.2) is 19.2 Å². The zero-order valence-electron chi connectivity index (χ0n) is 10.5. The third-order valence-corrected chi connectivity index (χ3v) is 2.65. The second-order valence-electron chi connectivity index (χ2n) is 3.94. The molecule has 0 fully saturated rings. The normalized spacial score (nSPS) is 10.3. The smallest absolute Gasteiger partial charge is 0.360 e. The van der Waals surface area contributed by atoms with Crippen LogP contribution >= 0.6 is 0 Å². The minimum atomic E-state index is -0.681. The highest BCUT2D eigenvalue weighted by atomic mass is 19.1. The average molecular weight is 261 g/mol. The maximum Gasteiger partial charge on any atom is 0.360 e. The van der Waals surface area contributed by atoms with Crippen LogP contribution in [0.2, 0.25) is 0 Å². The molecular weight excluding hydrogens is 249 g/mol. The van der Waals surface area contributed by atoms with Crippen molar-refractivity contribution in [3.05, 3.63) is 41.5 Å². The number of hydrogen-bond donors (Lipinski definition) is 1. The number of aromatic nitrogens is 2. The molecule has 2 aromatic rings. The Balaban J connectivity index is 2.51. The largest absolute Gasteiger partial charge is 0.464 e. The van der Waals surface area contributed by atoms with E-state index in [1.54, 1.807) is 19.1 Å². The maximum absolute atomic E-state index is 13.5. The molecule has 5 nitrogen and oxygen atoms in total. The number of carbonyl (C=O) groups is 1. The number of halogens is 1. The van der Waals surface area contributed by atoms with Gasteiger partial charge in [0.05, 0.1) is 19.0 Å². The van der Waals surface area contributed by atoms with Crippen LogP contribution in [0.15, 0.2) is 24.4 Å². The first kappa shape index (κ1) is 12.9. The standard InChI is InChI=1S/C13H12FN3O2/c1-7-3-4-8(5-9(7)14)10-6-16-12(15)11(17-10)13(18)19-2/h3-6H,1-2H3,(H2,15,16). The van der Waals surface area contributed by atoms with Crippen molar-refractivity contribution in [1.29, 1.82) is 0 Å². The first-order chi connectivity index (χ1) is 9.02. The van der Waals surface area contributed by atoms with Crippen LogP contribution in [-0.2, 0) is 4.74 Å². The van der Waals surface area contributed by atoms with Crippen LogP contribution in [0.5, 0.6) is 0 Å². The molecule has 0 unspecified atom stereocenters. The van der Waals surface area contributed by atoms with Crippen LogP contribution < -0.4 is 5.73 Å². The summed E-state index contributed by atoms with van der Waals surface area (Å²) in [4.78, 5) is 19.4. The van der Waals surface area contributed by atoms with Crippen molar-refractivity contribution in [2.24, 2.45) is 0 Å². The topological polar surface area (TPSA) is 78.1 Å². The molecule has 0 aliphatic rings. The molecule has 0 bridgehead atoms. The van der Waals surface area contributed by atoms with E-state index in [0.717, 1.165) is 0 Å². The quantitative estimate of drug-likeness (QED) is 0.836. The van der Waals surface area contributed by atoms with Gasteiger partial charge in [0.1, 0.15) is 5.82 Å². The fourth-order valence-corrected chi connectivity index (χ4v) is 1.54. The van der Waals surface area contributed by atoms with Gasteiger partial charge in [-0.3, -0.25) is 0 Å². The summed E-state index contributed by atoms with van der Waals surface area (Å²) < 4.78 is 18.1. The van der Waals surface area contributed by atoms with E-state index in [0.29, 0.717) is 16.8 Å². The van der Waals surface area contributed by atoms with Crippen molar-refractivity contribution in [2.75, 3.05) is 12.8 Å². The Bertz CT molecular complexity index is 644. The van der Waals surface area contributed by atoms with Crippen molar-refractivity contribution in [3.8, 4) is 11.3 Å². The van der Waals surface area contributed by atoms with Gasteiger partial charge in [-0.15, -0.1) is 0 Å². The van der Waals surface area contributed by atoms with Crippen molar-refractivity contribution in [1.82, 2.24) is 9.97 Å². The third kappa shape index (κ3) is 2.52. The van der Waals surface area contributed by atoms with Gasteiger partial charge in [0.2, 0.25) is 0 Å². The van der Waals surface area contributed by atoms with Crippen LogP contribution in [0.4, 0.5) is 10.2 Å². The Morgan fingerprint density at radius 3 is 2.79 bits per heavy atom. The monoisotopic (exact) mass is 261 g/mol. The van der Waals surface area contributed by atoms with Crippen molar-refractivity contribution < 1.29 is 13.9 Å². The number of anilines is 1. The van der Waals surface area contributed by atoms with E-state index in [4.69, 9.17) is 5.73 Å². The number of carbonyl (C=O) groups excluding carboxylic acids is 1. The highest BCUT2D eigenvalue weighted by molar-refractivity contribution is 5.92. The summed E-state index contributed by atoms with van der Waals surface area (Å²) in [6, 6.07) is 4.65. The lowest BCUT2D eigenvalue weighted by molar-refractivity contribution is 0.0595. The molecule has 0 spiro atoms.